The Morgan fingerprint density at radius 3 is 2.44 bits per heavy atom. The fourth-order valence-electron chi connectivity index (χ4n) is 5.85. The predicted octanol–water partition coefficient (Wildman–Crippen LogP) is 4.72. The number of aromatic amines is 1. The normalized spacial score (nSPS) is 21.5. The molecule has 0 saturated carbocycles. The second-order valence-corrected chi connectivity index (χ2v) is 10.0. The number of amides is 2. The summed E-state index contributed by atoms with van der Waals surface area (Å²) in [7, 11) is 1.63. The molecule has 2 atom stereocenters. The van der Waals surface area contributed by atoms with Crippen molar-refractivity contribution >= 4 is 22.7 Å². The van der Waals surface area contributed by atoms with E-state index in [2.05, 4.69) is 42.2 Å². The van der Waals surface area contributed by atoms with Gasteiger partial charge in [0.1, 0.15) is 12.3 Å². The Morgan fingerprint density at radius 2 is 1.72 bits per heavy atom. The summed E-state index contributed by atoms with van der Waals surface area (Å²) in [6, 6.07) is 24.3. The zero-order chi connectivity index (χ0) is 25.0. The minimum absolute atomic E-state index is 0.0188. The molecule has 2 aliphatic rings. The average molecular weight is 480 g/mol. The third-order valence-corrected chi connectivity index (χ3v) is 7.83. The number of ether oxygens (including phenoxy) is 1. The number of nitrogens with one attached hydrogen (secondary N) is 1. The van der Waals surface area contributed by atoms with Gasteiger partial charge in [0, 0.05) is 29.9 Å². The molecule has 0 radical (unpaired) electrons. The Hall–Kier alpha value is -4.06. The molecule has 2 aliphatic heterocycles. The maximum atomic E-state index is 14.2. The highest BCUT2D eigenvalue weighted by molar-refractivity contribution is 6.01. The minimum Gasteiger partial charge on any atom is -0.497 e. The van der Waals surface area contributed by atoms with Crippen LogP contribution in [0, 0.1) is 6.92 Å². The van der Waals surface area contributed by atoms with Gasteiger partial charge in [-0.15, -0.1) is 0 Å². The summed E-state index contributed by atoms with van der Waals surface area (Å²) in [4.78, 5) is 34.8. The molecule has 1 saturated heterocycles. The Morgan fingerprint density at radius 1 is 1.00 bits per heavy atom. The van der Waals surface area contributed by atoms with E-state index in [0.717, 1.165) is 39.0 Å². The standard InChI is InChI=1S/C30H29N3O3/c1-19-8-12-21(13-9-19)24-17-33-26(34)18-32(16-20-10-14-22(36-3)15-11-20)29(35)30(33,2)28-27(24)23-6-4-5-7-25(23)31-28/h4-15,24,31H,16-18H2,1-3H3/t24-,30+/m1/s1. The lowest BCUT2D eigenvalue weighted by Crippen LogP contribution is -2.67. The van der Waals surface area contributed by atoms with Crippen molar-refractivity contribution in [2.24, 2.45) is 0 Å². The van der Waals surface area contributed by atoms with Crippen molar-refractivity contribution in [1.82, 2.24) is 14.8 Å². The van der Waals surface area contributed by atoms with Gasteiger partial charge < -0.3 is 19.5 Å². The van der Waals surface area contributed by atoms with Crippen LogP contribution in [0.3, 0.4) is 0 Å². The summed E-state index contributed by atoms with van der Waals surface area (Å²) >= 11 is 0. The summed E-state index contributed by atoms with van der Waals surface area (Å²) < 4.78 is 5.26. The number of hydrogen-bond donors (Lipinski definition) is 1. The van der Waals surface area contributed by atoms with Crippen molar-refractivity contribution in [2.45, 2.75) is 31.8 Å². The van der Waals surface area contributed by atoms with E-state index in [1.54, 1.807) is 16.9 Å². The number of carbonyl (C=O) groups excluding carboxylic acids is 2. The molecule has 1 aromatic heterocycles. The zero-order valence-electron chi connectivity index (χ0n) is 20.7. The van der Waals surface area contributed by atoms with Gasteiger partial charge in [-0.05, 0) is 48.7 Å². The van der Waals surface area contributed by atoms with Crippen LogP contribution in [0.4, 0.5) is 0 Å². The molecule has 3 aromatic carbocycles. The number of fused-ring (bicyclic) bond motifs is 5. The number of carbonyl (C=O) groups is 2. The maximum absolute atomic E-state index is 14.2. The minimum atomic E-state index is -1.10. The van der Waals surface area contributed by atoms with Crippen molar-refractivity contribution in [2.75, 3.05) is 20.2 Å². The number of H-pyrrole nitrogens is 1. The van der Waals surface area contributed by atoms with Gasteiger partial charge in [0.2, 0.25) is 5.91 Å². The predicted molar refractivity (Wildman–Crippen MR) is 139 cm³/mol. The molecule has 0 bridgehead atoms. The Bertz CT molecular complexity index is 1470. The van der Waals surface area contributed by atoms with Crippen molar-refractivity contribution < 1.29 is 14.3 Å². The van der Waals surface area contributed by atoms with Crippen LogP contribution in [-0.4, -0.2) is 46.8 Å². The van der Waals surface area contributed by atoms with Gasteiger partial charge in [-0.1, -0.05) is 60.2 Å². The van der Waals surface area contributed by atoms with Crippen LogP contribution in [0.15, 0.2) is 72.8 Å². The lowest BCUT2D eigenvalue weighted by Gasteiger charge is -2.51. The molecule has 36 heavy (non-hydrogen) atoms. The van der Waals surface area contributed by atoms with Gasteiger partial charge in [0.15, 0.2) is 5.54 Å². The van der Waals surface area contributed by atoms with Crippen LogP contribution in [0.5, 0.6) is 5.75 Å². The average Bonchev–Trinajstić information content (AvgIpc) is 3.29. The third kappa shape index (κ3) is 3.32. The Labute approximate surface area is 210 Å². The van der Waals surface area contributed by atoms with E-state index >= 15 is 0 Å². The number of rotatable bonds is 4. The molecule has 1 N–H and O–H groups in total. The largest absolute Gasteiger partial charge is 0.497 e. The molecule has 0 aliphatic carbocycles. The first-order valence-electron chi connectivity index (χ1n) is 12.3. The van der Waals surface area contributed by atoms with Crippen LogP contribution in [0.25, 0.3) is 10.9 Å². The molecular weight excluding hydrogens is 450 g/mol. The molecule has 6 nitrogen and oxygen atoms in total. The molecule has 2 amide bonds. The lowest BCUT2D eigenvalue weighted by molar-refractivity contribution is -0.166. The third-order valence-electron chi connectivity index (χ3n) is 7.83. The summed E-state index contributed by atoms with van der Waals surface area (Å²) in [6.45, 7) is 4.87. The summed E-state index contributed by atoms with van der Waals surface area (Å²) in [6.07, 6.45) is 0. The van der Waals surface area contributed by atoms with Crippen LogP contribution in [0.2, 0.25) is 0 Å². The summed E-state index contributed by atoms with van der Waals surface area (Å²) in [5.74, 6) is 0.643. The van der Waals surface area contributed by atoms with Gasteiger partial charge in [-0.3, -0.25) is 9.59 Å². The molecule has 182 valence electrons. The Balaban J connectivity index is 1.46. The maximum Gasteiger partial charge on any atom is 0.255 e. The number of aromatic nitrogens is 1. The van der Waals surface area contributed by atoms with E-state index in [4.69, 9.17) is 4.74 Å². The first-order valence-corrected chi connectivity index (χ1v) is 12.3. The highest BCUT2D eigenvalue weighted by Crippen LogP contribution is 2.48. The number of aryl methyl sites for hydroxylation is 1. The molecule has 0 spiro atoms. The second-order valence-electron chi connectivity index (χ2n) is 10.0. The van der Waals surface area contributed by atoms with Crippen LogP contribution in [0.1, 0.15) is 40.8 Å². The van der Waals surface area contributed by atoms with Gasteiger partial charge in [0.25, 0.3) is 5.91 Å². The fourth-order valence-corrected chi connectivity index (χ4v) is 5.85. The number of piperazine rings is 1. The van der Waals surface area contributed by atoms with E-state index in [1.165, 1.54) is 5.56 Å². The molecule has 3 heterocycles. The van der Waals surface area contributed by atoms with E-state index in [0.29, 0.717) is 13.1 Å². The molecular formula is C30H29N3O3. The zero-order valence-corrected chi connectivity index (χ0v) is 20.7. The highest BCUT2D eigenvalue weighted by atomic mass is 16.5. The van der Waals surface area contributed by atoms with Crippen molar-refractivity contribution in [1.29, 1.82) is 0 Å². The van der Waals surface area contributed by atoms with E-state index in [1.807, 2.05) is 49.4 Å². The number of nitrogens with zero attached hydrogens (tertiary/aromatic N) is 2. The SMILES string of the molecule is COc1ccc(CN2CC(=O)N3C[C@H](c4ccc(C)cc4)c4c([nH]c5ccccc45)[C@@]3(C)C2=O)cc1. The van der Waals surface area contributed by atoms with Gasteiger partial charge in [-0.2, -0.15) is 0 Å². The van der Waals surface area contributed by atoms with Crippen molar-refractivity contribution in [3.05, 3.63) is 101 Å². The van der Waals surface area contributed by atoms with E-state index < -0.39 is 5.54 Å². The van der Waals surface area contributed by atoms with Crippen LogP contribution >= 0.6 is 0 Å². The first kappa shape index (κ1) is 22.4. The molecule has 1 fully saturated rings. The van der Waals surface area contributed by atoms with Gasteiger partial charge in [-0.25, -0.2) is 0 Å². The smallest absolute Gasteiger partial charge is 0.255 e. The van der Waals surface area contributed by atoms with Crippen molar-refractivity contribution in [3.8, 4) is 5.75 Å². The second kappa shape index (κ2) is 8.26. The summed E-state index contributed by atoms with van der Waals surface area (Å²) in [5, 5.41) is 1.10. The van der Waals surface area contributed by atoms with Gasteiger partial charge >= 0.3 is 0 Å². The lowest BCUT2D eigenvalue weighted by atomic mass is 9.76. The van der Waals surface area contributed by atoms with Crippen LogP contribution in [-0.2, 0) is 21.7 Å². The van der Waals surface area contributed by atoms with Crippen molar-refractivity contribution in [3.63, 3.8) is 0 Å². The topological polar surface area (TPSA) is 65.6 Å². The molecule has 0 unspecified atom stereocenters. The Kier molecular flexibility index (Phi) is 5.14. The molecule has 6 rings (SSSR count). The number of hydrogen-bond acceptors (Lipinski definition) is 3. The molecule has 4 aromatic rings. The number of methoxy groups -OCH3 is 1. The quantitative estimate of drug-likeness (QED) is 0.461. The van der Waals surface area contributed by atoms with E-state index in [9.17, 15) is 9.59 Å². The number of benzene rings is 3. The van der Waals surface area contributed by atoms with Crippen LogP contribution < -0.4 is 4.74 Å². The van der Waals surface area contributed by atoms with E-state index in [-0.39, 0.29) is 24.3 Å². The fraction of sp³-hybridized carbons (Fsp3) is 0.267. The van der Waals surface area contributed by atoms with Gasteiger partial charge in [0.05, 0.1) is 12.8 Å². The highest BCUT2D eigenvalue weighted by Gasteiger charge is 2.56. The summed E-state index contributed by atoms with van der Waals surface area (Å²) in [5.41, 5.74) is 5.11. The monoisotopic (exact) mass is 479 g/mol. The molecule has 6 heteroatoms. The first-order chi connectivity index (χ1) is 17.4. The number of para-hydroxylation sites is 1.